The van der Waals surface area contributed by atoms with E-state index < -0.39 is 0 Å². The molecule has 1 aromatic carbocycles. The predicted octanol–water partition coefficient (Wildman–Crippen LogP) is 1.37. The van der Waals surface area contributed by atoms with E-state index in [0.717, 1.165) is 36.5 Å². The van der Waals surface area contributed by atoms with Crippen LogP contribution < -0.4 is 10.1 Å². The van der Waals surface area contributed by atoms with E-state index >= 15 is 0 Å². The second kappa shape index (κ2) is 6.06. The van der Waals surface area contributed by atoms with Crippen LogP contribution >= 0.6 is 0 Å². The number of benzene rings is 1. The summed E-state index contributed by atoms with van der Waals surface area (Å²) in [4.78, 5) is 14.3. The molecule has 0 aliphatic carbocycles. The number of piperazine rings is 1. The molecule has 2 rings (SSSR count). The largest absolute Gasteiger partial charge is 0.496 e. The summed E-state index contributed by atoms with van der Waals surface area (Å²) in [6, 6.07) is 6.21. The van der Waals surface area contributed by atoms with E-state index in [1.165, 1.54) is 0 Å². The highest BCUT2D eigenvalue weighted by Crippen LogP contribution is 2.19. The Hall–Kier alpha value is -1.55. The summed E-state index contributed by atoms with van der Waals surface area (Å²) in [7, 11) is 1.66. The molecule has 0 aromatic heterocycles. The number of hydrogen-bond acceptors (Lipinski definition) is 3. The summed E-state index contributed by atoms with van der Waals surface area (Å²) >= 11 is 0. The average molecular weight is 262 g/mol. The minimum atomic E-state index is 0.207. The van der Waals surface area contributed by atoms with Crippen molar-refractivity contribution in [2.75, 3.05) is 26.7 Å². The molecule has 1 heterocycles. The number of carbonyl (C=O) groups excluding carboxylic acids is 1. The van der Waals surface area contributed by atoms with Crippen LogP contribution in [0.25, 0.3) is 0 Å². The molecule has 4 heteroatoms. The molecular formula is C15H22N2O2. The zero-order chi connectivity index (χ0) is 13.8. The first kappa shape index (κ1) is 13.9. The molecule has 0 bridgehead atoms. The molecule has 1 atom stereocenters. The number of rotatable bonds is 3. The molecule has 1 unspecified atom stereocenters. The topological polar surface area (TPSA) is 41.6 Å². The number of hydrogen-bond donors (Lipinski definition) is 1. The number of ether oxygens (including phenoxy) is 1. The molecule has 4 nitrogen and oxygen atoms in total. The van der Waals surface area contributed by atoms with E-state index in [-0.39, 0.29) is 11.9 Å². The van der Waals surface area contributed by atoms with Crippen molar-refractivity contribution in [3.8, 4) is 5.75 Å². The van der Waals surface area contributed by atoms with Gasteiger partial charge in [-0.1, -0.05) is 12.1 Å². The monoisotopic (exact) mass is 262 g/mol. The van der Waals surface area contributed by atoms with Crippen molar-refractivity contribution in [2.45, 2.75) is 26.3 Å². The normalized spacial score (nSPS) is 19.3. The number of aryl methyl sites for hydroxylation is 1. The Labute approximate surface area is 114 Å². The Bertz CT molecular complexity index is 459. The Morgan fingerprint density at radius 1 is 1.53 bits per heavy atom. The fourth-order valence-electron chi connectivity index (χ4n) is 2.54. The lowest BCUT2D eigenvalue weighted by atomic mass is 10.1. The van der Waals surface area contributed by atoms with Crippen LogP contribution in [0, 0.1) is 6.92 Å². The van der Waals surface area contributed by atoms with Crippen LogP contribution in [-0.2, 0) is 11.2 Å². The van der Waals surface area contributed by atoms with Crippen LogP contribution in [0.1, 0.15) is 18.1 Å². The van der Waals surface area contributed by atoms with Crippen LogP contribution in [0.15, 0.2) is 18.2 Å². The van der Waals surface area contributed by atoms with Gasteiger partial charge >= 0.3 is 0 Å². The second-order valence-corrected chi connectivity index (χ2v) is 5.12. The maximum Gasteiger partial charge on any atom is 0.227 e. The predicted molar refractivity (Wildman–Crippen MR) is 75.5 cm³/mol. The van der Waals surface area contributed by atoms with E-state index in [2.05, 4.69) is 12.2 Å². The van der Waals surface area contributed by atoms with Crippen molar-refractivity contribution in [1.29, 1.82) is 0 Å². The van der Waals surface area contributed by atoms with Gasteiger partial charge in [0.1, 0.15) is 5.75 Å². The second-order valence-electron chi connectivity index (χ2n) is 5.12. The van der Waals surface area contributed by atoms with E-state index in [1.807, 2.05) is 30.0 Å². The van der Waals surface area contributed by atoms with Crippen LogP contribution in [0.2, 0.25) is 0 Å². The number of amides is 1. The number of nitrogens with zero attached hydrogens (tertiary/aromatic N) is 1. The zero-order valence-corrected chi connectivity index (χ0v) is 11.9. The molecular weight excluding hydrogens is 240 g/mol. The Morgan fingerprint density at radius 3 is 2.95 bits per heavy atom. The Balaban J connectivity index is 2.04. The standard InChI is InChI=1S/C15H22N2O2/c1-11-8-13(4-5-14(11)19-3)9-15(18)17-7-6-16-10-12(17)2/h4-5,8,12,16H,6-7,9-10H2,1-3H3. The summed E-state index contributed by atoms with van der Waals surface area (Å²) in [5.41, 5.74) is 2.12. The highest BCUT2D eigenvalue weighted by atomic mass is 16.5. The first-order valence-corrected chi connectivity index (χ1v) is 6.75. The first-order chi connectivity index (χ1) is 9.11. The van der Waals surface area contributed by atoms with Gasteiger partial charge in [0.05, 0.1) is 13.5 Å². The molecule has 1 amide bonds. The van der Waals surface area contributed by atoms with Crippen molar-refractivity contribution in [3.63, 3.8) is 0 Å². The highest BCUT2D eigenvalue weighted by molar-refractivity contribution is 5.79. The summed E-state index contributed by atoms with van der Waals surface area (Å²) in [5, 5.41) is 3.30. The number of methoxy groups -OCH3 is 1. The third-order valence-corrected chi connectivity index (χ3v) is 3.64. The van der Waals surface area contributed by atoms with Crippen LogP contribution in [0.3, 0.4) is 0 Å². The van der Waals surface area contributed by atoms with Crippen LogP contribution in [-0.4, -0.2) is 43.6 Å². The van der Waals surface area contributed by atoms with Gasteiger partial charge in [0.2, 0.25) is 5.91 Å². The molecule has 1 aromatic rings. The summed E-state index contributed by atoms with van der Waals surface area (Å²) in [6.07, 6.45) is 0.467. The molecule has 0 radical (unpaired) electrons. The molecule has 1 fully saturated rings. The third kappa shape index (κ3) is 3.26. The summed E-state index contributed by atoms with van der Waals surface area (Å²) in [6.45, 7) is 6.66. The molecule has 19 heavy (non-hydrogen) atoms. The van der Waals surface area contributed by atoms with Gasteiger partial charge in [-0.05, 0) is 31.0 Å². The summed E-state index contributed by atoms with van der Waals surface area (Å²) in [5.74, 6) is 1.07. The van der Waals surface area contributed by atoms with Crippen molar-refractivity contribution in [1.82, 2.24) is 10.2 Å². The molecule has 1 aliphatic heterocycles. The fourth-order valence-corrected chi connectivity index (χ4v) is 2.54. The third-order valence-electron chi connectivity index (χ3n) is 3.64. The van der Waals surface area contributed by atoms with Crippen molar-refractivity contribution >= 4 is 5.91 Å². The van der Waals surface area contributed by atoms with E-state index in [0.29, 0.717) is 6.42 Å². The van der Waals surface area contributed by atoms with E-state index in [4.69, 9.17) is 4.74 Å². The van der Waals surface area contributed by atoms with Crippen LogP contribution in [0.5, 0.6) is 5.75 Å². The molecule has 104 valence electrons. The lowest BCUT2D eigenvalue weighted by Crippen LogP contribution is -2.52. The quantitative estimate of drug-likeness (QED) is 0.894. The minimum absolute atomic E-state index is 0.207. The SMILES string of the molecule is COc1ccc(CC(=O)N2CCNCC2C)cc1C. The minimum Gasteiger partial charge on any atom is -0.496 e. The lowest BCUT2D eigenvalue weighted by molar-refractivity contribution is -0.133. The zero-order valence-electron chi connectivity index (χ0n) is 11.9. The van der Waals surface area contributed by atoms with Gasteiger partial charge < -0.3 is 15.0 Å². The van der Waals surface area contributed by atoms with Crippen LogP contribution in [0.4, 0.5) is 0 Å². The summed E-state index contributed by atoms with van der Waals surface area (Å²) < 4.78 is 5.23. The van der Waals surface area contributed by atoms with Crippen molar-refractivity contribution in [3.05, 3.63) is 29.3 Å². The number of nitrogens with one attached hydrogen (secondary N) is 1. The highest BCUT2D eigenvalue weighted by Gasteiger charge is 2.22. The van der Waals surface area contributed by atoms with E-state index in [1.54, 1.807) is 7.11 Å². The Morgan fingerprint density at radius 2 is 2.32 bits per heavy atom. The van der Waals surface area contributed by atoms with Crippen molar-refractivity contribution < 1.29 is 9.53 Å². The van der Waals surface area contributed by atoms with Crippen molar-refractivity contribution in [2.24, 2.45) is 0 Å². The van der Waals surface area contributed by atoms with Gasteiger partial charge in [0.15, 0.2) is 0 Å². The van der Waals surface area contributed by atoms with Gasteiger partial charge in [-0.3, -0.25) is 4.79 Å². The molecule has 1 N–H and O–H groups in total. The van der Waals surface area contributed by atoms with Gasteiger partial charge in [0.25, 0.3) is 0 Å². The molecule has 1 saturated heterocycles. The van der Waals surface area contributed by atoms with E-state index in [9.17, 15) is 4.79 Å². The smallest absolute Gasteiger partial charge is 0.227 e. The van der Waals surface area contributed by atoms with Gasteiger partial charge in [0, 0.05) is 25.7 Å². The Kier molecular flexibility index (Phi) is 4.43. The average Bonchev–Trinajstić information content (AvgIpc) is 2.39. The molecule has 0 saturated carbocycles. The maximum absolute atomic E-state index is 12.3. The van der Waals surface area contributed by atoms with Gasteiger partial charge in [-0.25, -0.2) is 0 Å². The molecule has 0 spiro atoms. The fraction of sp³-hybridized carbons (Fsp3) is 0.533. The first-order valence-electron chi connectivity index (χ1n) is 6.75. The maximum atomic E-state index is 12.3. The van der Waals surface area contributed by atoms with Gasteiger partial charge in [-0.2, -0.15) is 0 Å². The van der Waals surface area contributed by atoms with Gasteiger partial charge in [-0.15, -0.1) is 0 Å². The number of carbonyl (C=O) groups is 1. The lowest BCUT2D eigenvalue weighted by Gasteiger charge is -2.34. The molecule has 1 aliphatic rings.